The standard InChI is InChI=1S/C41H28O25/c42-13-7-20-34(63-38(59)10-4-17(46)27(51)31(55)22(10)21-9(13)3-16(45)26(50)30(21)54)35-36(41(62-20)66-37(58)8-1-14(43)25(49)15(44)2-8)65-40(61)12-6-19(48)29(53)33(57)24(12)23-11(39(60)64-35)5-18(47)28(52)32(23)56/h1-6,20,34-36,41,43-57H,7H2/t20?,34?,35?,36?,41-/m1/s1. The van der Waals surface area contributed by atoms with E-state index in [1.807, 2.05) is 0 Å². The summed E-state index contributed by atoms with van der Waals surface area (Å²) in [6.45, 7) is 0. The molecule has 5 aromatic rings. The number of phenolic OH excluding ortho intramolecular Hbond substituents is 15. The lowest BCUT2D eigenvalue weighted by Gasteiger charge is -2.44. The molecule has 0 radical (unpaired) electrons. The molecule has 0 bridgehead atoms. The monoisotopic (exact) mass is 920 g/mol. The van der Waals surface area contributed by atoms with Gasteiger partial charge in [0.05, 0.1) is 22.3 Å². The van der Waals surface area contributed by atoms with E-state index < -0.39 is 203 Å². The minimum absolute atomic E-state index is 0.419. The Kier molecular flexibility index (Phi) is 9.93. The molecule has 25 nitrogen and oxygen atoms in total. The molecule has 0 saturated carbocycles. The number of phenols is 15. The van der Waals surface area contributed by atoms with Crippen LogP contribution in [0.3, 0.4) is 0 Å². The molecule has 4 unspecified atom stereocenters. The van der Waals surface area contributed by atoms with Crippen LogP contribution in [-0.4, -0.2) is 137 Å². The lowest BCUT2D eigenvalue weighted by atomic mass is 9.86. The third-order valence-electron chi connectivity index (χ3n) is 10.7. The zero-order valence-electron chi connectivity index (χ0n) is 32.3. The van der Waals surface area contributed by atoms with Crippen LogP contribution < -0.4 is 0 Å². The molecule has 3 aliphatic heterocycles. The molecule has 3 heterocycles. The molecule has 0 spiro atoms. The van der Waals surface area contributed by atoms with E-state index in [9.17, 15) is 101 Å². The Bertz CT molecular complexity index is 2920. The number of rotatable bonds is 2. The minimum Gasteiger partial charge on any atom is -0.504 e. The van der Waals surface area contributed by atoms with Crippen molar-refractivity contribution in [2.75, 3.05) is 0 Å². The Morgan fingerprint density at radius 3 is 1.17 bits per heavy atom. The van der Waals surface area contributed by atoms with Crippen LogP contribution in [0.4, 0.5) is 0 Å². The number of ketones is 1. The molecule has 0 aliphatic carbocycles. The first-order valence-electron chi connectivity index (χ1n) is 18.4. The van der Waals surface area contributed by atoms with Gasteiger partial charge in [0.25, 0.3) is 0 Å². The number of Topliss-reactive ketones (excluding diaryl/α,β-unsaturated/α-hetero) is 1. The van der Waals surface area contributed by atoms with Crippen molar-refractivity contribution < 1.29 is 124 Å². The molecule has 66 heavy (non-hydrogen) atoms. The maximum atomic E-state index is 14.4. The predicted octanol–water partition coefficient (Wildman–Crippen LogP) is 2.06. The van der Waals surface area contributed by atoms with Gasteiger partial charge in [0.2, 0.25) is 35.4 Å². The summed E-state index contributed by atoms with van der Waals surface area (Å²) in [6, 6.07) is 2.95. The number of esters is 4. The zero-order chi connectivity index (χ0) is 48.1. The van der Waals surface area contributed by atoms with E-state index in [-0.39, 0.29) is 0 Å². The van der Waals surface area contributed by atoms with Crippen molar-refractivity contribution in [3.8, 4) is 108 Å². The van der Waals surface area contributed by atoms with Gasteiger partial charge in [-0.05, 0) is 36.4 Å². The molecule has 25 heteroatoms. The Labute approximate surface area is 363 Å². The summed E-state index contributed by atoms with van der Waals surface area (Å²) < 4.78 is 28.3. The van der Waals surface area contributed by atoms with E-state index in [0.29, 0.717) is 36.4 Å². The Balaban J connectivity index is 1.38. The Morgan fingerprint density at radius 1 is 0.424 bits per heavy atom. The number of carbonyl (C=O) groups is 5. The third kappa shape index (κ3) is 6.57. The molecule has 342 valence electrons. The van der Waals surface area contributed by atoms with Crippen LogP contribution in [0.1, 0.15) is 58.2 Å². The topological polar surface area (TPSA) is 435 Å². The normalized spacial score (nSPS) is 20.1. The molecule has 15 N–H and O–H groups in total. The zero-order valence-corrected chi connectivity index (χ0v) is 32.3. The van der Waals surface area contributed by atoms with E-state index >= 15 is 0 Å². The summed E-state index contributed by atoms with van der Waals surface area (Å²) >= 11 is 0. The van der Waals surface area contributed by atoms with Crippen LogP contribution in [0.5, 0.6) is 86.2 Å². The minimum atomic E-state index is -2.53. The SMILES string of the molecule is O=C(O[C@H]1OC2CC(=O)c3cc(O)c(O)c(O)c3-c3c(cc(O)c(O)c3O)C(=O)OC2C2OC(=O)c3cc(O)c(O)c(O)c3-c3c(cc(O)c(O)c3O)C(=O)OC21)c1cc(O)c(O)c(O)c1. The van der Waals surface area contributed by atoms with Gasteiger partial charge in [-0.3, -0.25) is 4.79 Å². The first-order valence-corrected chi connectivity index (χ1v) is 18.4. The van der Waals surface area contributed by atoms with Gasteiger partial charge in [0.1, 0.15) is 6.10 Å². The van der Waals surface area contributed by atoms with Crippen LogP contribution >= 0.6 is 0 Å². The summed E-state index contributed by atoms with van der Waals surface area (Å²) in [5.41, 5.74) is -8.95. The quantitative estimate of drug-likeness (QED) is 0.0684. The highest BCUT2D eigenvalue weighted by Crippen LogP contribution is 2.55. The van der Waals surface area contributed by atoms with Crippen molar-refractivity contribution in [2.45, 2.75) is 37.1 Å². The molecule has 1 saturated heterocycles. The van der Waals surface area contributed by atoms with Crippen molar-refractivity contribution in [3.63, 3.8) is 0 Å². The average Bonchev–Trinajstić information content (AvgIpc) is 3.26. The molecular weight excluding hydrogens is 892 g/mol. The summed E-state index contributed by atoms with van der Waals surface area (Å²) in [5, 5.41) is 158. The van der Waals surface area contributed by atoms with Crippen molar-refractivity contribution >= 4 is 29.7 Å². The summed E-state index contributed by atoms with van der Waals surface area (Å²) in [7, 11) is 0. The van der Waals surface area contributed by atoms with E-state index in [4.69, 9.17) is 23.7 Å². The van der Waals surface area contributed by atoms with Crippen LogP contribution in [0, 0.1) is 0 Å². The van der Waals surface area contributed by atoms with Crippen molar-refractivity contribution in [1.29, 1.82) is 0 Å². The number of carbonyl (C=O) groups excluding carboxylic acids is 5. The fourth-order valence-corrected chi connectivity index (χ4v) is 7.58. The molecule has 5 atom stereocenters. The van der Waals surface area contributed by atoms with Gasteiger partial charge >= 0.3 is 23.9 Å². The van der Waals surface area contributed by atoms with Crippen LogP contribution in [0.25, 0.3) is 22.3 Å². The Morgan fingerprint density at radius 2 is 0.758 bits per heavy atom. The second-order valence-electron chi connectivity index (χ2n) is 14.6. The summed E-state index contributed by atoms with van der Waals surface area (Å²) in [5.74, 6) is -27.5. The average molecular weight is 921 g/mol. The number of ether oxygens (including phenoxy) is 5. The van der Waals surface area contributed by atoms with E-state index in [1.54, 1.807) is 0 Å². The Hall–Kier alpha value is -9.39. The molecule has 5 aromatic carbocycles. The van der Waals surface area contributed by atoms with E-state index in [1.165, 1.54) is 0 Å². The van der Waals surface area contributed by atoms with Crippen molar-refractivity contribution in [3.05, 3.63) is 64.2 Å². The third-order valence-corrected chi connectivity index (χ3v) is 10.7. The lowest BCUT2D eigenvalue weighted by Crippen LogP contribution is -2.62. The maximum absolute atomic E-state index is 14.4. The van der Waals surface area contributed by atoms with E-state index in [2.05, 4.69) is 0 Å². The summed E-state index contributed by atoms with van der Waals surface area (Å²) in [4.78, 5) is 71.1. The van der Waals surface area contributed by atoms with Gasteiger partial charge in [0, 0.05) is 34.2 Å². The predicted molar refractivity (Wildman–Crippen MR) is 206 cm³/mol. The second-order valence-corrected chi connectivity index (χ2v) is 14.6. The molecule has 0 aromatic heterocycles. The van der Waals surface area contributed by atoms with Gasteiger partial charge in [-0.2, -0.15) is 0 Å². The summed E-state index contributed by atoms with van der Waals surface area (Å²) in [6.07, 6.45) is -13.3. The number of hydrogen-bond donors (Lipinski definition) is 15. The molecular formula is C41H28O25. The van der Waals surface area contributed by atoms with Gasteiger partial charge in [0.15, 0.2) is 81.2 Å². The second kappa shape index (κ2) is 15.2. The van der Waals surface area contributed by atoms with Crippen molar-refractivity contribution in [1.82, 2.24) is 0 Å². The smallest absolute Gasteiger partial charge is 0.340 e. The van der Waals surface area contributed by atoms with Crippen LogP contribution in [-0.2, 0) is 23.7 Å². The highest BCUT2D eigenvalue weighted by atomic mass is 16.7. The first-order chi connectivity index (χ1) is 31.0. The van der Waals surface area contributed by atoms with Crippen LogP contribution in [0.2, 0.25) is 0 Å². The van der Waals surface area contributed by atoms with Crippen LogP contribution in [0.15, 0.2) is 36.4 Å². The number of aromatic hydroxyl groups is 15. The van der Waals surface area contributed by atoms with Gasteiger partial charge in [-0.25, -0.2) is 19.2 Å². The molecule has 8 rings (SSSR count). The number of hydrogen-bond acceptors (Lipinski definition) is 25. The van der Waals surface area contributed by atoms with E-state index in [0.717, 1.165) is 0 Å². The fourth-order valence-electron chi connectivity index (χ4n) is 7.58. The van der Waals surface area contributed by atoms with Gasteiger partial charge in [-0.1, -0.05) is 0 Å². The lowest BCUT2D eigenvalue weighted by molar-refractivity contribution is -0.277. The first kappa shape index (κ1) is 43.3. The molecule has 3 aliphatic rings. The number of benzene rings is 5. The molecule has 0 amide bonds. The van der Waals surface area contributed by atoms with Gasteiger partial charge in [-0.15, -0.1) is 0 Å². The van der Waals surface area contributed by atoms with Gasteiger partial charge < -0.3 is 100 Å². The maximum Gasteiger partial charge on any atom is 0.340 e. The highest BCUT2D eigenvalue weighted by molar-refractivity contribution is 6.11. The highest BCUT2D eigenvalue weighted by Gasteiger charge is 2.56. The van der Waals surface area contributed by atoms with Crippen molar-refractivity contribution in [2.24, 2.45) is 0 Å². The largest absolute Gasteiger partial charge is 0.504 e. The number of fused-ring (bicyclic) bond motifs is 9. The fraction of sp³-hybridized carbons (Fsp3) is 0.146. The molecule has 1 fully saturated rings.